The van der Waals surface area contributed by atoms with Gasteiger partial charge in [-0.3, -0.25) is 9.36 Å². The van der Waals surface area contributed by atoms with Crippen molar-refractivity contribution in [3.05, 3.63) is 50.3 Å². The van der Waals surface area contributed by atoms with E-state index in [0.29, 0.717) is 5.75 Å². The van der Waals surface area contributed by atoms with Crippen molar-refractivity contribution in [2.45, 2.75) is 36.6 Å². The Morgan fingerprint density at radius 1 is 1.30 bits per heavy atom. The van der Waals surface area contributed by atoms with Crippen molar-refractivity contribution in [1.29, 1.82) is 0 Å². The van der Waals surface area contributed by atoms with Crippen molar-refractivity contribution in [2.24, 2.45) is 7.05 Å². The lowest BCUT2D eigenvalue weighted by atomic mass is 9.97. The van der Waals surface area contributed by atoms with E-state index in [1.165, 1.54) is 23.3 Å². The van der Waals surface area contributed by atoms with E-state index >= 15 is 0 Å². The summed E-state index contributed by atoms with van der Waals surface area (Å²) in [6.45, 7) is 0. The standard InChI is InChI=1S/C19H17N3O2S3/c1-22-18(23)15-12-5-2-3-7-14(12)27-17(15)21-19(22)26-10-11-9-25-16(20-11)13-6-4-8-24-13/h4,6,8-9H,2-3,5,7,10H2,1H3. The fourth-order valence-corrected chi connectivity index (χ4v) is 6.48. The first-order valence-electron chi connectivity index (χ1n) is 8.83. The molecule has 0 amide bonds. The van der Waals surface area contributed by atoms with Gasteiger partial charge < -0.3 is 4.42 Å². The molecule has 5 nitrogen and oxygen atoms in total. The molecule has 5 rings (SSSR count). The van der Waals surface area contributed by atoms with Gasteiger partial charge in [0.1, 0.15) is 4.83 Å². The maximum absolute atomic E-state index is 12.9. The molecule has 0 aliphatic heterocycles. The zero-order valence-corrected chi connectivity index (χ0v) is 17.2. The van der Waals surface area contributed by atoms with Gasteiger partial charge in [0.25, 0.3) is 5.56 Å². The number of aromatic nitrogens is 3. The van der Waals surface area contributed by atoms with Crippen LogP contribution in [0.1, 0.15) is 29.0 Å². The van der Waals surface area contributed by atoms with Gasteiger partial charge in [-0.15, -0.1) is 22.7 Å². The lowest BCUT2D eigenvalue weighted by Crippen LogP contribution is -2.20. The summed E-state index contributed by atoms with van der Waals surface area (Å²) >= 11 is 4.82. The van der Waals surface area contributed by atoms with Crippen LogP contribution in [0.15, 0.2) is 38.1 Å². The monoisotopic (exact) mass is 415 g/mol. The number of furan rings is 1. The minimum absolute atomic E-state index is 0.0800. The molecule has 0 unspecified atom stereocenters. The summed E-state index contributed by atoms with van der Waals surface area (Å²) in [5.74, 6) is 1.46. The Morgan fingerprint density at radius 2 is 2.19 bits per heavy atom. The number of aryl methyl sites for hydroxylation is 2. The summed E-state index contributed by atoms with van der Waals surface area (Å²) in [5, 5.41) is 4.50. The van der Waals surface area contributed by atoms with Crippen LogP contribution in [0.5, 0.6) is 0 Å². The van der Waals surface area contributed by atoms with E-state index in [4.69, 9.17) is 9.40 Å². The largest absolute Gasteiger partial charge is 0.462 e. The van der Waals surface area contributed by atoms with Crippen molar-refractivity contribution in [3.63, 3.8) is 0 Å². The SMILES string of the molecule is Cn1c(SCc2csc(-c3ccco3)n2)nc2sc3c(c2c1=O)CCCC3. The lowest BCUT2D eigenvalue weighted by Gasteiger charge is -2.10. The van der Waals surface area contributed by atoms with Crippen LogP contribution >= 0.6 is 34.4 Å². The van der Waals surface area contributed by atoms with Gasteiger partial charge in [0.2, 0.25) is 0 Å². The molecule has 0 N–H and O–H groups in total. The van der Waals surface area contributed by atoms with E-state index < -0.39 is 0 Å². The molecule has 1 aliphatic rings. The van der Waals surface area contributed by atoms with Crippen LogP contribution in [0.2, 0.25) is 0 Å². The topological polar surface area (TPSA) is 60.9 Å². The van der Waals surface area contributed by atoms with Gasteiger partial charge in [-0.2, -0.15) is 0 Å². The second kappa shape index (κ2) is 6.92. The van der Waals surface area contributed by atoms with E-state index in [1.54, 1.807) is 45.3 Å². The maximum Gasteiger partial charge on any atom is 0.262 e. The molecule has 4 aromatic heterocycles. The van der Waals surface area contributed by atoms with Crippen molar-refractivity contribution in [2.75, 3.05) is 0 Å². The second-order valence-electron chi connectivity index (χ2n) is 6.56. The molecule has 0 atom stereocenters. The predicted octanol–water partition coefficient (Wildman–Crippen LogP) is 4.88. The molecule has 27 heavy (non-hydrogen) atoms. The van der Waals surface area contributed by atoms with Crippen LogP contribution in [-0.2, 0) is 25.6 Å². The Kier molecular flexibility index (Phi) is 4.41. The number of hydrogen-bond donors (Lipinski definition) is 0. The first kappa shape index (κ1) is 17.2. The Hall–Kier alpha value is -1.90. The number of thiazole rings is 1. The van der Waals surface area contributed by atoms with Crippen LogP contribution in [0.25, 0.3) is 21.0 Å². The number of rotatable bonds is 4. The molecule has 4 aromatic rings. The zero-order chi connectivity index (χ0) is 18.4. The number of thioether (sulfide) groups is 1. The molecular weight excluding hydrogens is 398 g/mol. The van der Waals surface area contributed by atoms with Gasteiger partial charge >= 0.3 is 0 Å². The first-order chi connectivity index (χ1) is 13.2. The molecule has 8 heteroatoms. The van der Waals surface area contributed by atoms with Gasteiger partial charge in [-0.1, -0.05) is 11.8 Å². The molecule has 138 valence electrons. The highest BCUT2D eigenvalue weighted by Crippen LogP contribution is 2.35. The fraction of sp³-hybridized carbons (Fsp3) is 0.316. The number of thiophene rings is 1. The van der Waals surface area contributed by atoms with E-state index in [2.05, 4.69) is 4.98 Å². The molecule has 1 aliphatic carbocycles. The Balaban J connectivity index is 1.44. The summed E-state index contributed by atoms with van der Waals surface area (Å²) in [6, 6.07) is 3.77. The summed E-state index contributed by atoms with van der Waals surface area (Å²) in [6.07, 6.45) is 6.12. The molecule has 0 saturated heterocycles. The van der Waals surface area contributed by atoms with Crippen molar-refractivity contribution in [3.8, 4) is 10.8 Å². The minimum atomic E-state index is 0.0800. The minimum Gasteiger partial charge on any atom is -0.462 e. The number of hydrogen-bond acceptors (Lipinski definition) is 7. The highest BCUT2D eigenvalue weighted by Gasteiger charge is 2.21. The summed E-state index contributed by atoms with van der Waals surface area (Å²) < 4.78 is 7.09. The third-order valence-corrected chi connectivity index (χ3v) is 7.94. The van der Waals surface area contributed by atoms with Crippen LogP contribution in [0.3, 0.4) is 0 Å². The molecular formula is C19H17N3O2S3. The van der Waals surface area contributed by atoms with Crippen molar-refractivity contribution >= 4 is 44.7 Å². The summed E-state index contributed by atoms with van der Waals surface area (Å²) in [4.78, 5) is 24.6. The summed E-state index contributed by atoms with van der Waals surface area (Å²) in [5.41, 5.74) is 2.29. The molecule has 0 fully saturated rings. The average molecular weight is 416 g/mol. The van der Waals surface area contributed by atoms with Crippen molar-refractivity contribution in [1.82, 2.24) is 14.5 Å². The lowest BCUT2D eigenvalue weighted by molar-refractivity contribution is 0.581. The molecule has 0 aromatic carbocycles. The van der Waals surface area contributed by atoms with Gasteiger partial charge in [0.05, 0.1) is 17.3 Å². The Labute approximate surface area is 168 Å². The molecule has 0 saturated carbocycles. The third-order valence-electron chi connectivity index (χ3n) is 4.79. The van der Waals surface area contributed by atoms with Crippen LogP contribution in [-0.4, -0.2) is 14.5 Å². The van der Waals surface area contributed by atoms with Gasteiger partial charge in [-0.25, -0.2) is 9.97 Å². The van der Waals surface area contributed by atoms with E-state index in [-0.39, 0.29) is 5.56 Å². The molecule has 0 bridgehead atoms. The highest BCUT2D eigenvalue weighted by molar-refractivity contribution is 7.98. The Morgan fingerprint density at radius 3 is 3.04 bits per heavy atom. The van der Waals surface area contributed by atoms with E-state index in [0.717, 1.165) is 44.7 Å². The third kappa shape index (κ3) is 3.05. The van der Waals surface area contributed by atoms with Gasteiger partial charge in [-0.05, 0) is 43.4 Å². The second-order valence-corrected chi connectivity index (χ2v) is 9.44. The van der Waals surface area contributed by atoms with Crippen molar-refractivity contribution < 1.29 is 4.42 Å². The van der Waals surface area contributed by atoms with E-state index in [9.17, 15) is 4.79 Å². The molecule has 4 heterocycles. The first-order valence-corrected chi connectivity index (χ1v) is 11.5. The maximum atomic E-state index is 12.9. The normalized spacial score (nSPS) is 14.0. The van der Waals surface area contributed by atoms with Crippen LogP contribution in [0, 0.1) is 0 Å². The Bertz CT molecular complexity index is 1170. The predicted molar refractivity (Wildman–Crippen MR) is 111 cm³/mol. The van der Waals surface area contributed by atoms with Crippen LogP contribution < -0.4 is 5.56 Å². The highest BCUT2D eigenvalue weighted by atomic mass is 32.2. The smallest absolute Gasteiger partial charge is 0.262 e. The van der Waals surface area contributed by atoms with Crippen LogP contribution in [0.4, 0.5) is 0 Å². The summed E-state index contributed by atoms with van der Waals surface area (Å²) in [7, 11) is 1.82. The molecule has 0 spiro atoms. The number of nitrogens with zero attached hydrogens (tertiary/aromatic N) is 3. The number of fused-ring (bicyclic) bond motifs is 3. The quantitative estimate of drug-likeness (QED) is 0.351. The zero-order valence-electron chi connectivity index (χ0n) is 14.7. The average Bonchev–Trinajstić information content (AvgIpc) is 3.42. The fourth-order valence-electron chi connectivity index (χ4n) is 3.42. The van der Waals surface area contributed by atoms with E-state index in [1.807, 2.05) is 24.6 Å². The molecule has 0 radical (unpaired) electrons. The van der Waals surface area contributed by atoms with Gasteiger partial charge in [0, 0.05) is 23.1 Å². The van der Waals surface area contributed by atoms with Gasteiger partial charge in [0.15, 0.2) is 15.9 Å².